The van der Waals surface area contributed by atoms with Crippen LogP contribution in [0.25, 0.3) is 0 Å². The van der Waals surface area contributed by atoms with Crippen molar-refractivity contribution in [3.8, 4) is 0 Å². The lowest BCUT2D eigenvalue weighted by Gasteiger charge is -2.34. The van der Waals surface area contributed by atoms with E-state index in [4.69, 9.17) is 0 Å². The molecule has 0 spiro atoms. The topological polar surface area (TPSA) is 40.5 Å². The highest BCUT2D eigenvalue weighted by atomic mass is 32.9. The van der Waals surface area contributed by atoms with Crippen molar-refractivity contribution in [3.05, 3.63) is 0 Å². The van der Waals surface area contributed by atoms with Crippen molar-refractivity contribution in [2.75, 3.05) is 0 Å². The van der Waals surface area contributed by atoms with Crippen LogP contribution < -0.4 is 0 Å². The van der Waals surface area contributed by atoms with Gasteiger partial charge in [0, 0.05) is 4.75 Å². The van der Waals surface area contributed by atoms with Gasteiger partial charge in [0.25, 0.3) is 0 Å². The second-order valence-electron chi connectivity index (χ2n) is 4.15. The van der Waals surface area contributed by atoms with Gasteiger partial charge in [-0.25, -0.2) is 0 Å². The monoisotopic (exact) mass is 256 g/mol. The quantitative estimate of drug-likeness (QED) is 0.713. The van der Waals surface area contributed by atoms with Crippen LogP contribution in [0.2, 0.25) is 0 Å². The summed E-state index contributed by atoms with van der Waals surface area (Å²) in [6.45, 7) is 8.42. The van der Waals surface area contributed by atoms with E-state index in [9.17, 15) is 9.79 Å². The minimum absolute atomic E-state index is 0.102. The zero-order valence-electron chi connectivity index (χ0n) is 9.36. The van der Waals surface area contributed by atoms with Crippen molar-refractivity contribution in [3.63, 3.8) is 0 Å². The summed E-state index contributed by atoms with van der Waals surface area (Å²) in [5.41, 5.74) is -3.13. The van der Waals surface area contributed by atoms with Gasteiger partial charge in [-0.15, -0.1) is 0 Å². The van der Waals surface area contributed by atoms with Crippen LogP contribution in [-0.2, 0) is 11.8 Å². The second-order valence-corrected chi connectivity index (χ2v) is 10.5. The van der Waals surface area contributed by atoms with E-state index in [1.54, 1.807) is 0 Å². The molecule has 0 rings (SSSR count). The highest BCUT2D eigenvalue weighted by Gasteiger charge is 2.33. The smallest absolute Gasteiger partial charge is 0.242 e. The van der Waals surface area contributed by atoms with E-state index < -0.39 is 5.69 Å². The van der Waals surface area contributed by atoms with E-state index in [0.717, 1.165) is 19.3 Å². The molecule has 0 fully saturated rings. The van der Waals surface area contributed by atoms with E-state index in [1.165, 1.54) is 11.4 Å². The molecular weight excluding hydrogens is 235 g/mol. The summed E-state index contributed by atoms with van der Waals surface area (Å²) in [5, 5.41) is 0. The van der Waals surface area contributed by atoms with E-state index in [2.05, 4.69) is 39.5 Å². The third-order valence-electron chi connectivity index (χ3n) is 2.58. The van der Waals surface area contributed by atoms with Crippen molar-refractivity contribution in [2.24, 2.45) is 5.92 Å². The second kappa shape index (κ2) is 5.86. The van der Waals surface area contributed by atoms with Gasteiger partial charge in [-0.1, -0.05) is 45.0 Å². The average Bonchev–Trinajstić information content (AvgIpc) is 1.97. The number of hydrogen-bond donors (Lipinski definition) is 2. The highest BCUT2D eigenvalue weighted by molar-refractivity contribution is 8.67. The van der Waals surface area contributed by atoms with Gasteiger partial charge in [0.15, 0.2) is 0 Å². The van der Waals surface area contributed by atoms with Crippen LogP contribution in [0.4, 0.5) is 0 Å². The third-order valence-corrected chi connectivity index (χ3v) is 6.54. The molecule has 2 nitrogen and oxygen atoms in total. The first-order valence-corrected chi connectivity index (χ1v) is 9.10. The molecule has 0 bridgehead atoms. The normalized spacial score (nSPS) is 17.1. The SMILES string of the molecule is CCCCC(C)(SP(O)(O)=S)C(C)C. The minimum Gasteiger partial charge on any atom is -0.338 e. The Morgan fingerprint density at radius 3 is 2.21 bits per heavy atom. The Morgan fingerprint density at radius 1 is 1.43 bits per heavy atom. The molecule has 1 unspecified atom stereocenters. The molecule has 0 saturated carbocycles. The summed E-state index contributed by atoms with van der Waals surface area (Å²) < 4.78 is -0.102. The van der Waals surface area contributed by atoms with Gasteiger partial charge in [-0.2, -0.15) is 0 Å². The molecule has 0 aliphatic rings. The lowest BCUT2D eigenvalue weighted by Crippen LogP contribution is -2.26. The Morgan fingerprint density at radius 2 is 1.93 bits per heavy atom. The molecule has 0 aliphatic heterocycles. The number of hydrogen-bond acceptors (Lipinski definition) is 2. The largest absolute Gasteiger partial charge is 0.338 e. The Bertz CT molecular complexity index is 215. The molecule has 86 valence electrons. The van der Waals surface area contributed by atoms with Crippen molar-refractivity contribution < 1.29 is 9.79 Å². The fourth-order valence-corrected chi connectivity index (χ4v) is 6.30. The fraction of sp³-hybridized carbons (Fsp3) is 1.00. The van der Waals surface area contributed by atoms with Gasteiger partial charge < -0.3 is 9.79 Å². The maximum Gasteiger partial charge on any atom is 0.242 e. The lowest BCUT2D eigenvalue weighted by molar-refractivity contribution is 0.424. The third kappa shape index (κ3) is 5.72. The highest BCUT2D eigenvalue weighted by Crippen LogP contribution is 2.60. The van der Waals surface area contributed by atoms with Crippen LogP contribution in [-0.4, -0.2) is 14.5 Å². The van der Waals surface area contributed by atoms with Crippen LogP contribution in [0.5, 0.6) is 0 Å². The van der Waals surface area contributed by atoms with Crippen molar-refractivity contribution >= 4 is 28.9 Å². The van der Waals surface area contributed by atoms with Crippen LogP contribution >= 0.6 is 17.1 Å². The van der Waals surface area contributed by atoms with Crippen LogP contribution in [0.1, 0.15) is 47.0 Å². The van der Waals surface area contributed by atoms with Gasteiger partial charge in [0.2, 0.25) is 5.69 Å². The average molecular weight is 256 g/mol. The number of rotatable bonds is 6. The van der Waals surface area contributed by atoms with Crippen LogP contribution in [0, 0.1) is 5.92 Å². The van der Waals surface area contributed by atoms with E-state index in [-0.39, 0.29) is 4.75 Å². The van der Waals surface area contributed by atoms with Gasteiger partial charge in [0.05, 0.1) is 0 Å². The van der Waals surface area contributed by atoms with Crippen LogP contribution in [0.3, 0.4) is 0 Å². The molecular formula is C9H21O2PS2. The van der Waals surface area contributed by atoms with Crippen molar-refractivity contribution in [1.29, 1.82) is 0 Å². The minimum atomic E-state index is -3.13. The molecule has 0 aliphatic carbocycles. The van der Waals surface area contributed by atoms with Crippen LogP contribution in [0.15, 0.2) is 0 Å². The molecule has 0 aromatic carbocycles. The van der Waals surface area contributed by atoms with E-state index in [1.807, 2.05) is 0 Å². The standard InChI is InChI=1S/C9H21O2PS2/c1-5-6-7-9(4,8(2)3)14-12(10,11)13/h8H,5-7H2,1-4H3,(H2,10,11,13). The molecule has 14 heavy (non-hydrogen) atoms. The van der Waals surface area contributed by atoms with Gasteiger partial charge in [-0.3, -0.25) is 0 Å². The maximum absolute atomic E-state index is 9.35. The molecule has 0 aromatic rings. The Balaban J connectivity index is 4.47. The molecule has 0 heterocycles. The summed E-state index contributed by atoms with van der Waals surface area (Å²) in [7, 11) is 0. The fourth-order valence-electron chi connectivity index (χ4n) is 1.24. The predicted octanol–water partition coefficient (Wildman–Crippen LogP) is 3.53. The Kier molecular flexibility index (Phi) is 6.24. The zero-order chi connectivity index (χ0) is 11.4. The lowest BCUT2D eigenvalue weighted by atomic mass is 9.91. The first kappa shape index (κ1) is 14.9. The summed E-state index contributed by atoms with van der Waals surface area (Å²) in [6.07, 6.45) is 3.23. The predicted molar refractivity (Wildman–Crippen MR) is 69.1 cm³/mol. The van der Waals surface area contributed by atoms with Crippen molar-refractivity contribution in [1.82, 2.24) is 0 Å². The molecule has 1 atom stereocenters. The molecule has 0 radical (unpaired) electrons. The molecule has 2 N–H and O–H groups in total. The Labute approximate surface area is 96.4 Å². The number of unbranched alkanes of at least 4 members (excludes halogenated alkanes) is 1. The molecule has 5 heteroatoms. The molecule has 0 amide bonds. The summed E-state index contributed by atoms with van der Waals surface area (Å²) in [5.74, 6) is 0.403. The molecule has 0 aromatic heterocycles. The summed E-state index contributed by atoms with van der Waals surface area (Å²) >= 11 is 5.88. The Hall–Kier alpha value is 0.920. The zero-order valence-corrected chi connectivity index (χ0v) is 11.9. The van der Waals surface area contributed by atoms with E-state index >= 15 is 0 Å². The molecule has 0 saturated heterocycles. The first-order chi connectivity index (χ1) is 6.21. The van der Waals surface area contributed by atoms with Gasteiger partial charge >= 0.3 is 0 Å². The van der Waals surface area contributed by atoms with Crippen molar-refractivity contribution in [2.45, 2.75) is 51.7 Å². The first-order valence-electron chi connectivity index (χ1n) is 4.97. The van der Waals surface area contributed by atoms with Gasteiger partial charge in [-0.05, 0) is 31.1 Å². The van der Waals surface area contributed by atoms with Gasteiger partial charge in [0.1, 0.15) is 0 Å². The summed E-state index contributed by atoms with van der Waals surface area (Å²) in [6, 6.07) is 0. The maximum atomic E-state index is 9.35. The summed E-state index contributed by atoms with van der Waals surface area (Å²) in [4.78, 5) is 18.7. The van der Waals surface area contributed by atoms with E-state index in [0.29, 0.717) is 5.92 Å².